The van der Waals surface area contributed by atoms with Gasteiger partial charge >= 0.3 is 0 Å². The minimum Gasteiger partial charge on any atom is -0.253 e. The zero-order valence-electron chi connectivity index (χ0n) is 80.2. The summed E-state index contributed by atoms with van der Waals surface area (Å²) in [7, 11) is 0. The molecule has 18 aromatic carbocycles. The molecule has 0 atom stereocenters. The van der Waals surface area contributed by atoms with Crippen LogP contribution >= 0.6 is 0 Å². The molecule has 143 heavy (non-hydrogen) atoms. The Kier molecular flexibility index (Phi) is 29.7. The van der Waals surface area contributed by atoms with E-state index in [-0.39, 0.29) is 0 Å². The zero-order valence-corrected chi connectivity index (χ0v) is 80.2. The van der Waals surface area contributed by atoms with Crippen molar-refractivity contribution in [3.63, 3.8) is 0 Å². The summed E-state index contributed by atoms with van der Waals surface area (Å²) in [4.78, 5) is 48.1. The van der Waals surface area contributed by atoms with Crippen molar-refractivity contribution < 1.29 is 0 Å². The molecule has 0 fully saturated rings. The van der Waals surface area contributed by atoms with E-state index in [9.17, 15) is 0 Å². The Morgan fingerprint density at radius 3 is 0.497 bits per heavy atom. The van der Waals surface area contributed by atoms with Crippen LogP contribution in [0.2, 0.25) is 0 Å². The van der Waals surface area contributed by atoms with Crippen LogP contribution in [0.5, 0.6) is 0 Å². The van der Waals surface area contributed by atoms with Gasteiger partial charge in [0.15, 0.2) is 34.9 Å². The van der Waals surface area contributed by atoms with Gasteiger partial charge in [-0.15, -0.1) is 0 Å². The first-order valence-electron chi connectivity index (χ1n) is 48.0. The van der Waals surface area contributed by atoms with Crippen LogP contribution in [0.3, 0.4) is 0 Å². The predicted molar refractivity (Wildman–Crippen MR) is 592 cm³/mol. The normalized spacial score (nSPS) is 10.7. The molecule has 0 aliphatic heterocycles. The number of hydrogen-bond acceptors (Lipinski definition) is 10. The van der Waals surface area contributed by atoms with Gasteiger partial charge in [0.25, 0.3) is 0 Å². The van der Waals surface area contributed by atoms with Crippen molar-refractivity contribution in [3.8, 4) is 203 Å². The van der Waals surface area contributed by atoms with E-state index < -0.39 is 0 Å². The Labute approximate surface area is 837 Å². The number of pyridine rings is 1. The Morgan fingerprint density at radius 2 is 0.245 bits per heavy atom. The average Bonchev–Trinajstić information content (AvgIpc) is 0.806. The second-order valence-corrected chi connectivity index (χ2v) is 35.0. The Hall–Kier alpha value is -18.6. The highest BCUT2D eigenvalue weighted by Crippen LogP contribution is 2.37. The van der Waals surface area contributed by atoms with E-state index in [1.54, 1.807) is 0 Å². The van der Waals surface area contributed by atoms with Gasteiger partial charge < -0.3 is 0 Å². The van der Waals surface area contributed by atoms with Crippen LogP contribution in [0.4, 0.5) is 0 Å². The van der Waals surface area contributed by atoms with Crippen molar-refractivity contribution >= 4 is 0 Å². The summed E-state index contributed by atoms with van der Waals surface area (Å²) in [6.07, 6.45) is 0. The highest BCUT2D eigenvalue weighted by atomic mass is 15.0. The maximum atomic E-state index is 4.92. The Balaban J connectivity index is 0.000000114. The third kappa shape index (κ3) is 24.3. The summed E-state index contributed by atoms with van der Waals surface area (Å²) in [6, 6.07) is 181. The molecule has 0 N–H and O–H groups in total. The lowest BCUT2D eigenvalue weighted by Gasteiger charge is -2.10. The summed E-state index contributed by atoms with van der Waals surface area (Å²) in [5, 5.41) is 0. The summed E-state index contributed by atoms with van der Waals surface area (Å²) in [5.74, 6) is 4.26. The van der Waals surface area contributed by atoms with Crippen molar-refractivity contribution in [2.75, 3.05) is 0 Å². The summed E-state index contributed by atoms with van der Waals surface area (Å²) >= 11 is 0. The second-order valence-electron chi connectivity index (χ2n) is 35.0. The molecule has 0 aliphatic rings. The summed E-state index contributed by atoms with van der Waals surface area (Å²) < 4.78 is 0. The molecule has 5 aromatic heterocycles. The van der Waals surface area contributed by atoms with Crippen LogP contribution in [0.15, 0.2) is 528 Å². The lowest BCUT2D eigenvalue weighted by Crippen LogP contribution is -2.00. The van der Waals surface area contributed by atoms with Crippen molar-refractivity contribution in [2.24, 2.45) is 0 Å². The minimum atomic E-state index is 0.670. The van der Waals surface area contributed by atoms with Crippen molar-refractivity contribution in [3.05, 3.63) is 556 Å². The van der Waals surface area contributed by atoms with Gasteiger partial charge in [-0.2, -0.15) is 0 Å². The lowest BCUT2D eigenvalue weighted by atomic mass is 10.00. The van der Waals surface area contributed by atoms with E-state index in [4.69, 9.17) is 44.9 Å². The van der Waals surface area contributed by atoms with E-state index in [2.05, 4.69) is 426 Å². The van der Waals surface area contributed by atoms with Gasteiger partial charge in [0.2, 0.25) is 0 Å². The maximum Gasteiger partial charge on any atom is 0.164 e. The molecule has 5 heterocycles. The number of aromatic nitrogens is 10. The maximum absolute atomic E-state index is 4.92. The van der Waals surface area contributed by atoms with Crippen LogP contribution in [0.1, 0.15) is 28.1 Å². The van der Waals surface area contributed by atoms with Gasteiger partial charge in [0.1, 0.15) is 0 Å². The first-order valence-corrected chi connectivity index (χ1v) is 48.0. The predicted octanol–water partition coefficient (Wildman–Crippen LogP) is 33.9. The molecule has 0 saturated carbocycles. The second kappa shape index (κ2) is 45.6. The number of benzene rings is 18. The first kappa shape index (κ1) is 93.4. The number of aryl methyl sites for hydroxylation is 5. The number of rotatable bonds is 18. The third-order valence-corrected chi connectivity index (χ3v) is 24.5. The average molecular weight is 1840 g/mol. The van der Waals surface area contributed by atoms with Crippen LogP contribution < -0.4 is 0 Å². The molecule has 0 radical (unpaired) electrons. The molecule has 0 bridgehead atoms. The van der Waals surface area contributed by atoms with Gasteiger partial charge in [0, 0.05) is 78.1 Å². The molecule has 23 aromatic rings. The van der Waals surface area contributed by atoms with Crippen LogP contribution in [0.25, 0.3) is 203 Å². The molecular formula is C133H102N10. The van der Waals surface area contributed by atoms with Crippen molar-refractivity contribution in [1.82, 2.24) is 49.8 Å². The van der Waals surface area contributed by atoms with Gasteiger partial charge in [0.05, 0.1) is 34.2 Å². The van der Waals surface area contributed by atoms with Crippen LogP contribution in [0, 0.1) is 34.6 Å². The summed E-state index contributed by atoms with van der Waals surface area (Å²) in [6.45, 7) is 10.3. The zero-order chi connectivity index (χ0) is 97.3. The smallest absolute Gasteiger partial charge is 0.164 e. The van der Waals surface area contributed by atoms with E-state index in [1.165, 1.54) is 83.5 Å². The molecule has 0 amide bonds. The van der Waals surface area contributed by atoms with E-state index in [0.717, 1.165) is 130 Å². The van der Waals surface area contributed by atoms with Crippen LogP contribution in [-0.2, 0) is 0 Å². The van der Waals surface area contributed by atoms with Gasteiger partial charge in [-0.25, -0.2) is 44.9 Å². The highest BCUT2D eigenvalue weighted by Gasteiger charge is 2.18. The fourth-order valence-corrected chi connectivity index (χ4v) is 16.8. The van der Waals surface area contributed by atoms with Crippen molar-refractivity contribution in [2.45, 2.75) is 34.6 Å². The number of nitrogens with zero attached hydrogens (tertiary/aromatic N) is 10. The van der Waals surface area contributed by atoms with Crippen LogP contribution in [-0.4, -0.2) is 49.8 Å². The van der Waals surface area contributed by atoms with E-state index in [0.29, 0.717) is 17.5 Å². The molecule has 0 aliphatic carbocycles. The van der Waals surface area contributed by atoms with Gasteiger partial charge in [-0.1, -0.05) is 514 Å². The molecule has 684 valence electrons. The van der Waals surface area contributed by atoms with Gasteiger partial charge in [-0.05, 0) is 132 Å². The first-order chi connectivity index (χ1) is 70.4. The fourth-order valence-electron chi connectivity index (χ4n) is 16.8. The highest BCUT2D eigenvalue weighted by molar-refractivity contribution is 5.80. The molecule has 10 nitrogen and oxygen atoms in total. The van der Waals surface area contributed by atoms with Crippen molar-refractivity contribution in [1.29, 1.82) is 0 Å². The fraction of sp³-hybridized carbons (Fsp3) is 0.0376. The minimum absolute atomic E-state index is 0.670. The largest absolute Gasteiger partial charge is 0.253 e. The monoisotopic (exact) mass is 1840 g/mol. The molecule has 10 heteroatoms. The quantitative estimate of drug-likeness (QED) is 0.0819. The SMILES string of the molecule is Cc1cc(-c2ccccc2)cc(-c2ccc(-c3ccccc3)cc2)n1.Cc1cc(-c2ccccc2)nc(-c2ccc(-c3ccccc3)cc2)n1.Cc1ccc(-c2cc(-c3ccc(-c4ccccc4)cc3)nc(-c3ccccc3)n2)cc1.Cc1ccc(-c2nc(-c3ccccc3)cc(-c3ccc(-c4ccccc4)cc3)n2)cc1.Cc1ccc(-c2nc(-c3ccccc3)nc(-c3ccc(-c4ccccc4)cc3)n2)cc1. The third-order valence-electron chi connectivity index (χ3n) is 24.5. The summed E-state index contributed by atoms with van der Waals surface area (Å²) in [5.41, 5.74) is 38.3. The molecule has 23 rings (SSSR count). The molecule has 0 unspecified atom stereocenters. The lowest BCUT2D eigenvalue weighted by molar-refractivity contribution is 1.07. The molecule has 0 saturated heterocycles. The molecule has 0 spiro atoms. The number of hydrogen-bond donors (Lipinski definition) is 0. The Morgan fingerprint density at radius 1 is 0.0979 bits per heavy atom. The standard InChI is InChI=1S/2C29H22N2.C28H21N3.C24H19N.C23H18N2/c1-21-12-14-24(15-13-21)27-20-28(31-29(30-27)26-10-6-3-7-11-26)25-18-16-23(17-19-25)22-8-4-2-5-9-22;1-21-12-14-26(15-13-21)29-30-27(24-10-6-3-7-11-24)20-28(31-29)25-18-16-23(17-19-25)22-8-4-2-5-9-22;1-20-12-14-24(15-13-20)27-29-26(23-10-6-3-7-11-23)30-28(31-27)25-18-16-22(17-19-25)21-8-4-2-5-9-21;1-18-16-23(20-10-6-3-7-11-20)17-24(25-18)22-14-12-21(13-15-22)19-8-4-2-5-9-19;1-17-16-22(20-10-6-3-7-11-20)25-23(24-17)21-14-12-19(13-15-21)18-8-4-2-5-9-18/h2*2-20H,1H3;2-19H,1H3;2-17H,1H3;2-16H,1H3. The Bertz CT molecular complexity index is 7400. The topological polar surface area (TPSA) is 129 Å². The van der Waals surface area contributed by atoms with Gasteiger partial charge in [-0.3, -0.25) is 4.98 Å². The van der Waals surface area contributed by atoms with E-state index >= 15 is 0 Å². The van der Waals surface area contributed by atoms with E-state index in [1.807, 2.05) is 141 Å². The molecular weight excluding hydrogens is 1740 g/mol.